The summed E-state index contributed by atoms with van der Waals surface area (Å²) in [7, 11) is -1.02. The van der Waals surface area contributed by atoms with Crippen LogP contribution in [0, 0.1) is 10.1 Å². The van der Waals surface area contributed by atoms with E-state index < -0.39 is 20.6 Å². The Morgan fingerprint density at radius 1 is 0.970 bits per heavy atom. The molecule has 0 saturated heterocycles. The topological polar surface area (TPSA) is 132 Å². The van der Waals surface area contributed by atoms with Gasteiger partial charge in [0, 0.05) is 17.3 Å². The fourth-order valence-electron chi connectivity index (χ4n) is 2.85. The fourth-order valence-corrected chi connectivity index (χ4v) is 3.93. The lowest BCUT2D eigenvalue weighted by molar-refractivity contribution is -0.384. The third-order valence-electron chi connectivity index (χ3n) is 4.65. The third-order valence-corrected chi connectivity index (χ3v) is 6.03. The average Bonchev–Trinajstić information content (AvgIpc) is 2.82. The number of hydrogen-bond acceptors (Lipinski definition) is 8. The molecule has 0 aliphatic rings. The molecule has 33 heavy (non-hydrogen) atoms. The minimum atomic E-state index is -4.06. The Bertz CT molecular complexity index is 1290. The van der Waals surface area contributed by atoms with Crippen LogP contribution in [0.4, 0.5) is 17.1 Å². The quantitative estimate of drug-likeness (QED) is 0.271. The Hall–Kier alpha value is -4.12. The molecule has 3 aromatic rings. The van der Waals surface area contributed by atoms with Crippen molar-refractivity contribution in [3.8, 4) is 11.5 Å². The maximum Gasteiger partial charge on any atom is 0.295 e. The molecule has 10 nitrogen and oxygen atoms in total. The first-order valence-corrected chi connectivity index (χ1v) is 11.1. The van der Waals surface area contributed by atoms with Crippen molar-refractivity contribution in [1.82, 2.24) is 0 Å². The molecule has 2 N–H and O–H groups in total. The molecule has 0 aromatic heterocycles. The predicted molar refractivity (Wildman–Crippen MR) is 126 cm³/mol. The van der Waals surface area contributed by atoms with E-state index in [1.807, 2.05) is 6.07 Å². The molecule has 3 rings (SSSR count). The summed E-state index contributed by atoms with van der Waals surface area (Å²) in [5, 5.41) is 15.8. The maximum absolute atomic E-state index is 12.7. The molecular weight excluding hydrogens is 448 g/mol. The normalized spacial score (nSPS) is 11.5. The molecule has 172 valence electrons. The second-order valence-corrected chi connectivity index (χ2v) is 8.49. The number of benzene rings is 3. The van der Waals surface area contributed by atoms with Crippen molar-refractivity contribution in [3.05, 3.63) is 82.4 Å². The van der Waals surface area contributed by atoms with Crippen molar-refractivity contribution >= 4 is 32.8 Å². The summed E-state index contributed by atoms with van der Waals surface area (Å²) in [4.78, 5) is 10.7. The van der Waals surface area contributed by atoms with Crippen LogP contribution in [0.1, 0.15) is 12.5 Å². The Balaban J connectivity index is 1.85. The molecule has 0 fully saturated rings. The summed E-state index contributed by atoms with van der Waals surface area (Å²) in [6.07, 6.45) is 0. The second-order valence-electron chi connectivity index (χ2n) is 6.81. The van der Waals surface area contributed by atoms with Crippen molar-refractivity contribution in [1.29, 1.82) is 0 Å². The summed E-state index contributed by atoms with van der Waals surface area (Å²) >= 11 is 0. The molecule has 0 aliphatic heterocycles. The van der Waals surface area contributed by atoms with E-state index >= 15 is 0 Å². The van der Waals surface area contributed by atoms with Crippen LogP contribution in [0.5, 0.6) is 11.5 Å². The summed E-state index contributed by atoms with van der Waals surface area (Å²) in [5.41, 5.74) is 3.86. The van der Waals surface area contributed by atoms with Gasteiger partial charge in [-0.3, -0.25) is 20.3 Å². The summed E-state index contributed by atoms with van der Waals surface area (Å²) in [6.45, 7) is 1.73. The number of hydrogen-bond donors (Lipinski definition) is 2. The van der Waals surface area contributed by atoms with E-state index in [-0.39, 0.29) is 10.6 Å². The molecule has 0 spiro atoms. The lowest BCUT2D eigenvalue weighted by atomic mass is 10.1. The molecule has 0 aliphatic carbocycles. The van der Waals surface area contributed by atoms with E-state index in [1.165, 1.54) is 31.4 Å². The van der Waals surface area contributed by atoms with E-state index in [4.69, 9.17) is 9.47 Å². The van der Waals surface area contributed by atoms with Crippen LogP contribution >= 0.6 is 0 Å². The van der Waals surface area contributed by atoms with Crippen LogP contribution in [0.2, 0.25) is 0 Å². The lowest BCUT2D eigenvalue weighted by Gasteiger charge is -2.10. The van der Waals surface area contributed by atoms with Gasteiger partial charge in [0.1, 0.15) is 17.2 Å². The molecule has 0 heterocycles. The van der Waals surface area contributed by atoms with Crippen LogP contribution in [-0.2, 0) is 10.0 Å². The van der Waals surface area contributed by atoms with E-state index in [0.29, 0.717) is 22.9 Å². The van der Waals surface area contributed by atoms with Gasteiger partial charge in [-0.05, 0) is 55.5 Å². The highest BCUT2D eigenvalue weighted by Crippen LogP contribution is 2.29. The zero-order chi connectivity index (χ0) is 24.0. The van der Waals surface area contributed by atoms with Gasteiger partial charge in [-0.1, -0.05) is 12.1 Å². The number of anilines is 2. The fraction of sp³-hybridized carbons (Fsp3) is 0.136. The van der Waals surface area contributed by atoms with Gasteiger partial charge >= 0.3 is 0 Å². The average molecular weight is 471 g/mol. The van der Waals surface area contributed by atoms with Crippen LogP contribution in [-0.4, -0.2) is 33.3 Å². The summed E-state index contributed by atoms with van der Waals surface area (Å²) in [5.74, 6) is 1.21. The molecule has 0 amide bonds. The molecule has 0 radical (unpaired) electrons. The Morgan fingerprint density at radius 2 is 1.67 bits per heavy atom. The van der Waals surface area contributed by atoms with Gasteiger partial charge in [0.25, 0.3) is 15.7 Å². The molecule has 0 bridgehead atoms. The van der Waals surface area contributed by atoms with Gasteiger partial charge in [-0.2, -0.15) is 5.10 Å². The van der Waals surface area contributed by atoms with Crippen molar-refractivity contribution in [2.75, 3.05) is 24.4 Å². The molecule has 0 atom stereocenters. The molecule has 11 heteroatoms. The molecular formula is C22H22N4O6S. The first kappa shape index (κ1) is 23.5. The highest BCUT2D eigenvalue weighted by atomic mass is 32.2. The van der Waals surface area contributed by atoms with Gasteiger partial charge in [0.05, 0.1) is 29.8 Å². The highest BCUT2D eigenvalue weighted by molar-refractivity contribution is 7.92. The highest BCUT2D eigenvalue weighted by Gasteiger charge is 2.22. The number of sulfonamides is 1. The number of nitrogens with zero attached hydrogens (tertiary/aromatic N) is 2. The number of rotatable bonds is 9. The Labute approximate surface area is 191 Å². The Morgan fingerprint density at radius 3 is 2.30 bits per heavy atom. The monoisotopic (exact) mass is 470 g/mol. The zero-order valence-electron chi connectivity index (χ0n) is 18.1. The predicted octanol–water partition coefficient (Wildman–Crippen LogP) is 4.25. The Kier molecular flexibility index (Phi) is 7.13. The third kappa shape index (κ3) is 5.77. The first-order chi connectivity index (χ1) is 15.7. The number of hydrazone groups is 1. The second kappa shape index (κ2) is 10.0. The largest absolute Gasteiger partial charge is 0.497 e. The standard InChI is InChI=1S/C22H22N4O6S/c1-15(16-5-4-6-19(13-16)32-3)23-24-21-12-11-20(14-22(21)26(27)28)33(29,30)25-17-7-9-18(31-2)10-8-17/h4-14,24-25H,1-3H3. The van der Waals surface area contributed by atoms with Crippen molar-refractivity contribution in [2.45, 2.75) is 11.8 Å². The number of nitrogens with one attached hydrogen (secondary N) is 2. The van der Waals surface area contributed by atoms with E-state index in [0.717, 1.165) is 11.6 Å². The minimum Gasteiger partial charge on any atom is -0.497 e. The van der Waals surface area contributed by atoms with Crippen molar-refractivity contribution in [2.24, 2.45) is 5.10 Å². The van der Waals surface area contributed by atoms with Crippen LogP contribution in [0.3, 0.4) is 0 Å². The SMILES string of the molecule is COc1ccc(NS(=O)(=O)c2ccc(NN=C(C)c3cccc(OC)c3)c([N+](=O)[O-])c2)cc1. The number of nitro benzene ring substituents is 1. The number of methoxy groups -OCH3 is 2. The van der Waals surface area contributed by atoms with Gasteiger partial charge in [-0.25, -0.2) is 8.42 Å². The van der Waals surface area contributed by atoms with E-state index in [2.05, 4.69) is 15.2 Å². The van der Waals surface area contributed by atoms with Crippen LogP contribution in [0.15, 0.2) is 76.7 Å². The van der Waals surface area contributed by atoms with Crippen LogP contribution in [0.25, 0.3) is 0 Å². The van der Waals surface area contributed by atoms with Crippen molar-refractivity contribution in [3.63, 3.8) is 0 Å². The molecule has 0 unspecified atom stereocenters. The minimum absolute atomic E-state index is 0.0469. The molecule has 0 saturated carbocycles. The summed E-state index contributed by atoms with van der Waals surface area (Å²) < 4.78 is 38.1. The smallest absolute Gasteiger partial charge is 0.295 e. The van der Waals surface area contributed by atoms with Gasteiger partial charge < -0.3 is 9.47 Å². The van der Waals surface area contributed by atoms with E-state index in [9.17, 15) is 18.5 Å². The van der Waals surface area contributed by atoms with E-state index in [1.54, 1.807) is 44.4 Å². The van der Waals surface area contributed by atoms with Gasteiger partial charge in [-0.15, -0.1) is 0 Å². The van der Waals surface area contributed by atoms with Crippen LogP contribution < -0.4 is 19.6 Å². The summed E-state index contributed by atoms with van der Waals surface area (Å²) in [6, 6.07) is 16.9. The van der Waals surface area contributed by atoms with Gasteiger partial charge in [0.2, 0.25) is 0 Å². The maximum atomic E-state index is 12.7. The van der Waals surface area contributed by atoms with Gasteiger partial charge in [0.15, 0.2) is 0 Å². The number of nitro groups is 1. The first-order valence-electron chi connectivity index (χ1n) is 9.63. The lowest BCUT2D eigenvalue weighted by Crippen LogP contribution is -2.13. The van der Waals surface area contributed by atoms with Crippen molar-refractivity contribution < 1.29 is 22.8 Å². The number of ether oxygens (including phenoxy) is 2. The zero-order valence-corrected chi connectivity index (χ0v) is 18.9. The molecule has 3 aromatic carbocycles.